The molecule has 2 N–H and O–H groups in total. The van der Waals surface area contributed by atoms with E-state index in [4.69, 9.17) is 9.47 Å². The van der Waals surface area contributed by atoms with E-state index in [-0.39, 0.29) is 12.1 Å². The summed E-state index contributed by atoms with van der Waals surface area (Å²) in [7, 11) is 0. The molecular formula is C24H27N3O5. The van der Waals surface area contributed by atoms with Crippen molar-refractivity contribution in [1.82, 2.24) is 15.1 Å². The van der Waals surface area contributed by atoms with Gasteiger partial charge in [0.15, 0.2) is 6.10 Å². The molecule has 8 nitrogen and oxygen atoms in total. The van der Waals surface area contributed by atoms with Crippen molar-refractivity contribution in [2.24, 2.45) is 0 Å². The van der Waals surface area contributed by atoms with Gasteiger partial charge in [0.1, 0.15) is 5.60 Å². The lowest BCUT2D eigenvalue weighted by atomic mass is 10.0. The number of nitrogens with one attached hydrogen (secondary N) is 2. The Morgan fingerprint density at radius 2 is 1.72 bits per heavy atom. The van der Waals surface area contributed by atoms with Crippen LogP contribution >= 0.6 is 0 Å². The maximum Gasteiger partial charge on any atom is 0.407 e. The number of benzene rings is 2. The molecule has 0 aliphatic heterocycles. The number of aromatic nitrogens is 2. The molecule has 168 valence electrons. The van der Waals surface area contributed by atoms with Crippen LogP contribution in [0.5, 0.6) is 0 Å². The largest absolute Gasteiger partial charge is 0.454 e. The SMILES string of the molecule is CC(C)(C)OC(=O)NCCc1[nH]n(-c2ccccc2)c(=O)c1C(OC=O)c1ccccc1. The van der Waals surface area contributed by atoms with E-state index >= 15 is 0 Å². The average Bonchev–Trinajstić information content (AvgIpc) is 3.08. The quantitative estimate of drug-likeness (QED) is 0.525. The van der Waals surface area contributed by atoms with Crippen molar-refractivity contribution in [2.45, 2.75) is 38.9 Å². The highest BCUT2D eigenvalue weighted by atomic mass is 16.6. The van der Waals surface area contributed by atoms with E-state index in [2.05, 4.69) is 10.4 Å². The summed E-state index contributed by atoms with van der Waals surface area (Å²) in [6.45, 7) is 5.90. The molecule has 0 fully saturated rings. The molecule has 32 heavy (non-hydrogen) atoms. The lowest BCUT2D eigenvalue weighted by Crippen LogP contribution is -2.33. The van der Waals surface area contributed by atoms with Gasteiger partial charge in [0.25, 0.3) is 12.0 Å². The zero-order chi connectivity index (χ0) is 23.1. The monoisotopic (exact) mass is 437 g/mol. The van der Waals surface area contributed by atoms with E-state index in [1.54, 1.807) is 45.0 Å². The Bertz CT molecular complexity index is 1100. The van der Waals surface area contributed by atoms with Crippen molar-refractivity contribution < 1.29 is 19.1 Å². The van der Waals surface area contributed by atoms with E-state index in [0.717, 1.165) is 0 Å². The topological polar surface area (TPSA) is 102 Å². The summed E-state index contributed by atoms with van der Waals surface area (Å²) >= 11 is 0. The summed E-state index contributed by atoms with van der Waals surface area (Å²) in [5, 5.41) is 5.80. The molecular weight excluding hydrogens is 410 g/mol. The van der Waals surface area contributed by atoms with Crippen LogP contribution in [0.2, 0.25) is 0 Å². The van der Waals surface area contributed by atoms with Crippen molar-refractivity contribution in [2.75, 3.05) is 6.54 Å². The Morgan fingerprint density at radius 1 is 1.09 bits per heavy atom. The Hall–Kier alpha value is -3.81. The molecule has 0 aliphatic rings. The first-order valence-corrected chi connectivity index (χ1v) is 10.3. The van der Waals surface area contributed by atoms with Gasteiger partial charge in [0.05, 0.1) is 11.3 Å². The van der Waals surface area contributed by atoms with Crippen LogP contribution in [0, 0.1) is 0 Å². The molecule has 3 aromatic rings. The van der Waals surface area contributed by atoms with Crippen LogP contribution in [0.1, 0.15) is 43.7 Å². The number of ether oxygens (including phenoxy) is 2. The van der Waals surface area contributed by atoms with Crippen LogP contribution in [0.25, 0.3) is 5.69 Å². The second-order valence-corrected chi connectivity index (χ2v) is 8.18. The number of hydrogen-bond acceptors (Lipinski definition) is 5. The molecule has 1 aromatic heterocycles. The molecule has 1 unspecified atom stereocenters. The van der Waals surface area contributed by atoms with Crippen molar-refractivity contribution in [3.05, 3.63) is 87.8 Å². The van der Waals surface area contributed by atoms with Gasteiger partial charge in [-0.15, -0.1) is 0 Å². The highest BCUT2D eigenvalue weighted by Gasteiger charge is 2.26. The van der Waals surface area contributed by atoms with Gasteiger partial charge in [0.2, 0.25) is 0 Å². The van der Waals surface area contributed by atoms with E-state index in [9.17, 15) is 14.4 Å². The van der Waals surface area contributed by atoms with E-state index in [0.29, 0.717) is 35.4 Å². The second-order valence-electron chi connectivity index (χ2n) is 8.18. The number of carbonyl (C=O) groups excluding carboxylic acids is 2. The number of hydrogen-bond donors (Lipinski definition) is 2. The van der Waals surface area contributed by atoms with Crippen LogP contribution in [0.15, 0.2) is 65.5 Å². The van der Waals surface area contributed by atoms with Gasteiger partial charge >= 0.3 is 6.09 Å². The minimum atomic E-state index is -0.890. The highest BCUT2D eigenvalue weighted by molar-refractivity contribution is 5.67. The third-order valence-electron chi connectivity index (χ3n) is 4.62. The third kappa shape index (κ3) is 5.66. The number of nitrogens with zero attached hydrogens (tertiary/aromatic N) is 1. The lowest BCUT2D eigenvalue weighted by molar-refractivity contribution is -0.132. The summed E-state index contributed by atoms with van der Waals surface area (Å²) in [5.74, 6) is 0. The Morgan fingerprint density at radius 3 is 2.31 bits per heavy atom. The molecule has 3 rings (SSSR count). The fourth-order valence-electron chi connectivity index (χ4n) is 3.32. The standard InChI is InChI=1S/C24H27N3O5/c1-24(2,3)32-23(30)25-15-14-19-20(21(31-16-28)17-10-6-4-7-11-17)22(29)27(26-19)18-12-8-5-9-13-18/h4-13,16,21,26H,14-15H2,1-3H3,(H,25,30). The van der Waals surface area contributed by atoms with E-state index < -0.39 is 17.8 Å². The van der Waals surface area contributed by atoms with Crippen LogP contribution in [0.4, 0.5) is 4.79 Å². The molecule has 1 atom stereocenters. The number of H-pyrrole nitrogens is 1. The van der Waals surface area contributed by atoms with Gasteiger partial charge < -0.3 is 14.8 Å². The molecule has 0 radical (unpaired) electrons. The molecule has 0 aliphatic carbocycles. The lowest BCUT2D eigenvalue weighted by Gasteiger charge is -2.19. The highest BCUT2D eigenvalue weighted by Crippen LogP contribution is 2.26. The molecule has 1 amide bonds. The van der Waals surface area contributed by atoms with Gasteiger partial charge in [-0.2, -0.15) is 0 Å². The molecule has 8 heteroatoms. The van der Waals surface area contributed by atoms with Crippen molar-refractivity contribution in [3.63, 3.8) is 0 Å². The number of carbonyl (C=O) groups is 2. The van der Waals surface area contributed by atoms with Crippen LogP contribution in [-0.4, -0.2) is 34.5 Å². The first-order chi connectivity index (χ1) is 15.3. The van der Waals surface area contributed by atoms with Crippen molar-refractivity contribution >= 4 is 12.6 Å². The number of para-hydroxylation sites is 1. The summed E-state index contributed by atoms with van der Waals surface area (Å²) in [6, 6.07) is 18.1. The summed E-state index contributed by atoms with van der Waals surface area (Å²) in [4.78, 5) is 36.7. The summed E-state index contributed by atoms with van der Waals surface area (Å²) < 4.78 is 12.0. The minimum absolute atomic E-state index is 0.221. The molecule has 0 saturated carbocycles. The number of aromatic amines is 1. The smallest absolute Gasteiger partial charge is 0.407 e. The first kappa shape index (κ1) is 22.9. The fourth-order valence-corrected chi connectivity index (χ4v) is 3.32. The van der Waals surface area contributed by atoms with Crippen molar-refractivity contribution in [1.29, 1.82) is 0 Å². The minimum Gasteiger partial charge on any atom is -0.454 e. The predicted octanol–water partition coefficient (Wildman–Crippen LogP) is 3.50. The van der Waals surface area contributed by atoms with Gasteiger partial charge in [0, 0.05) is 18.7 Å². The van der Waals surface area contributed by atoms with Crippen LogP contribution in [0.3, 0.4) is 0 Å². The molecule has 1 heterocycles. The maximum atomic E-state index is 13.4. The third-order valence-corrected chi connectivity index (χ3v) is 4.62. The van der Waals surface area contributed by atoms with Crippen molar-refractivity contribution in [3.8, 4) is 5.69 Å². The van der Waals surface area contributed by atoms with E-state index in [1.165, 1.54) is 4.68 Å². The second kappa shape index (κ2) is 10.00. The molecule has 0 saturated heterocycles. The Kier molecular flexibility index (Phi) is 7.14. The van der Waals surface area contributed by atoms with Crippen LogP contribution in [-0.2, 0) is 20.7 Å². The molecule has 2 aromatic carbocycles. The van der Waals surface area contributed by atoms with Gasteiger partial charge in [-0.25, -0.2) is 9.48 Å². The zero-order valence-electron chi connectivity index (χ0n) is 18.3. The normalized spacial score (nSPS) is 12.1. The zero-order valence-corrected chi connectivity index (χ0v) is 18.3. The molecule has 0 bridgehead atoms. The number of rotatable bonds is 8. The number of alkyl carbamates (subject to hydrolysis) is 1. The summed E-state index contributed by atoms with van der Waals surface area (Å²) in [6.07, 6.45) is -1.14. The Balaban J connectivity index is 1.96. The summed E-state index contributed by atoms with van der Waals surface area (Å²) in [5.41, 5.74) is 1.21. The fraction of sp³-hybridized carbons (Fsp3) is 0.292. The van der Waals surface area contributed by atoms with Gasteiger partial charge in [-0.1, -0.05) is 48.5 Å². The maximum absolute atomic E-state index is 13.4. The van der Waals surface area contributed by atoms with Gasteiger partial charge in [-0.3, -0.25) is 14.7 Å². The van der Waals surface area contributed by atoms with Crippen LogP contribution < -0.4 is 10.9 Å². The van der Waals surface area contributed by atoms with Gasteiger partial charge in [-0.05, 0) is 38.5 Å². The first-order valence-electron chi connectivity index (χ1n) is 10.3. The molecule has 0 spiro atoms. The Labute approximate surface area is 186 Å². The number of amides is 1. The predicted molar refractivity (Wildman–Crippen MR) is 120 cm³/mol. The average molecular weight is 437 g/mol. The van der Waals surface area contributed by atoms with E-state index in [1.807, 2.05) is 36.4 Å².